The summed E-state index contributed by atoms with van der Waals surface area (Å²) < 4.78 is 26.4. The largest absolute Gasteiger partial charge is 0.322 e. The van der Waals surface area contributed by atoms with Gasteiger partial charge in [-0.05, 0) is 41.8 Å². The van der Waals surface area contributed by atoms with Crippen molar-refractivity contribution < 1.29 is 18.4 Å². The number of rotatable bonds is 4. The lowest BCUT2D eigenvalue weighted by molar-refractivity contribution is 0.101. The molecule has 0 aliphatic heterocycles. The van der Waals surface area contributed by atoms with Crippen molar-refractivity contribution in [3.05, 3.63) is 82.1 Å². The van der Waals surface area contributed by atoms with E-state index in [0.717, 1.165) is 18.2 Å². The maximum Gasteiger partial charge on any atom is 0.265 e. The van der Waals surface area contributed by atoms with E-state index in [2.05, 4.69) is 10.6 Å². The summed E-state index contributed by atoms with van der Waals surface area (Å²) in [4.78, 5) is 24.8. The van der Waals surface area contributed by atoms with Gasteiger partial charge < -0.3 is 10.6 Å². The molecule has 2 N–H and O–H groups in total. The van der Waals surface area contributed by atoms with Gasteiger partial charge in [-0.15, -0.1) is 11.3 Å². The fourth-order valence-electron chi connectivity index (χ4n) is 2.17. The first kappa shape index (κ1) is 16.8. The fraction of sp³-hybridized carbons (Fsp3) is 0. The second-order valence-corrected chi connectivity index (χ2v) is 6.07. The van der Waals surface area contributed by atoms with E-state index in [1.54, 1.807) is 29.6 Å². The lowest BCUT2D eigenvalue weighted by Crippen LogP contribution is -2.14. The highest BCUT2D eigenvalue weighted by Crippen LogP contribution is 2.17. The van der Waals surface area contributed by atoms with E-state index in [1.165, 1.54) is 23.5 Å². The zero-order chi connectivity index (χ0) is 17.8. The highest BCUT2D eigenvalue weighted by molar-refractivity contribution is 7.12. The van der Waals surface area contributed by atoms with Gasteiger partial charge in [-0.25, -0.2) is 8.78 Å². The molecule has 0 saturated carbocycles. The van der Waals surface area contributed by atoms with Crippen LogP contribution >= 0.6 is 11.3 Å². The van der Waals surface area contributed by atoms with Crippen LogP contribution in [0.2, 0.25) is 0 Å². The van der Waals surface area contributed by atoms with Gasteiger partial charge in [-0.1, -0.05) is 12.1 Å². The lowest BCUT2D eigenvalue weighted by atomic mass is 10.1. The van der Waals surface area contributed by atoms with Crippen LogP contribution in [-0.4, -0.2) is 11.8 Å². The van der Waals surface area contributed by atoms with Gasteiger partial charge in [0.1, 0.15) is 11.6 Å². The van der Waals surface area contributed by atoms with E-state index in [1.807, 2.05) is 0 Å². The van der Waals surface area contributed by atoms with Crippen molar-refractivity contribution >= 4 is 34.5 Å². The summed E-state index contributed by atoms with van der Waals surface area (Å²) in [5, 5.41) is 6.90. The van der Waals surface area contributed by atoms with Gasteiger partial charge in [0, 0.05) is 23.0 Å². The van der Waals surface area contributed by atoms with Crippen LogP contribution in [0.1, 0.15) is 20.0 Å². The third-order valence-corrected chi connectivity index (χ3v) is 4.12. The van der Waals surface area contributed by atoms with Gasteiger partial charge in [-0.2, -0.15) is 0 Å². The monoisotopic (exact) mass is 358 g/mol. The Morgan fingerprint density at radius 2 is 1.52 bits per heavy atom. The maximum atomic E-state index is 13.2. The summed E-state index contributed by atoms with van der Waals surface area (Å²) in [7, 11) is 0. The predicted octanol–water partition coefficient (Wildman–Crippen LogP) is 4.53. The predicted molar refractivity (Wildman–Crippen MR) is 93.0 cm³/mol. The summed E-state index contributed by atoms with van der Waals surface area (Å²) in [6.07, 6.45) is 0. The van der Waals surface area contributed by atoms with Crippen LogP contribution in [0.3, 0.4) is 0 Å². The number of carbonyl (C=O) groups is 2. The third kappa shape index (κ3) is 4.27. The molecule has 2 aromatic carbocycles. The molecule has 0 atom stereocenters. The molecule has 126 valence electrons. The molecule has 0 bridgehead atoms. The smallest absolute Gasteiger partial charge is 0.265 e. The minimum absolute atomic E-state index is 0.00974. The molecule has 1 aromatic heterocycles. The van der Waals surface area contributed by atoms with E-state index in [0.29, 0.717) is 10.6 Å². The molecular weight excluding hydrogens is 346 g/mol. The number of hydrogen-bond donors (Lipinski definition) is 2. The molecule has 1 heterocycles. The summed E-state index contributed by atoms with van der Waals surface area (Å²) in [6, 6.07) is 12.5. The zero-order valence-electron chi connectivity index (χ0n) is 12.8. The highest BCUT2D eigenvalue weighted by Gasteiger charge is 2.11. The first-order valence-corrected chi connectivity index (χ1v) is 8.11. The second kappa shape index (κ2) is 7.23. The molecule has 0 fully saturated rings. The Balaban J connectivity index is 1.74. The Bertz CT molecular complexity index is 906. The van der Waals surface area contributed by atoms with Crippen molar-refractivity contribution in [3.8, 4) is 0 Å². The minimum atomic E-state index is -0.785. The van der Waals surface area contributed by atoms with E-state index < -0.39 is 17.5 Å². The number of hydrogen-bond acceptors (Lipinski definition) is 3. The van der Waals surface area contributed by atoms with E-state index in [4.69, 9.17) is 0 Å². The second-order valence-electron chi connectivity index (χ2n) is 5.12. The molecule has 2 amide bonds. The molecular formula is C18H12F2N2O2S. The van der Waals surface area contributed by atoms with Crippen molar-refractivity contribution in [2.45, 2.75) is 0 Å². The molecule has 0 aliphatic rings. The quantitative estimate of drug-likeness (QED) is 0.720. The molecule has 0 aliphatic carbocycles. The van der Waals surface area contributed by atoms with Gasteiger partial charge in [0.2, 0.25) is 0 Å². The number of carbonyl (C=O) groups excluding carboxylic acids is 2. The molecule has 25 heavy (non-hydrogen) atoms. The van der Waals surface area contributed by atoms with Crippen LogP contribution in [0.25, 0.3) is 0 Å². The Hall–Kier alpha value is -3.06. The average Bonchev–Trinajstić information content (AvgIpc) is 3.08. The standard InChI is InChI=1S/C18H12F2N2O2S/c19-12-8-13(20)10-15(9-12)22-17(23)11-3-1-4-14(7-11)21-18(24)16-5-2-6-25-16/h1-10H,(H,21,24)(H,22,23). The van der Waals surface area contributed by atoms with Crippen molar-refractivity contribution in [3.63, 3.8) is 0 Å². The number of amides is 2. The Morgan fingerprint density at radius 1 is 0.800 bits per heavy atom. The van der Waals surface area contributed by atoms with Crippen LogP contribution in [0.15, 0.2) is 60.0 Å². The molecule has 3 rings (SSSR count). The Morgan fingerprint density at radius 3 is 2.20 bits per heavy atom. The first-order valence-electron chi connectivity index (χ1n) is 7.23. The maximum absolute atomic E-state index is 13.2. The van der Waals surface area contributed by atoms with Crippen molar-refractivity contribution in [1.82, 2.24) is 0 Å². The SMILES string of the molecule is O=C(Nc1cc(F)cc(F)c1)c1cccc(NC(=O)c2cccs2)c1. The van der Waals surface area contributed by atoms with Crippen LogP contribution in [-0.2, 0) is 0 Å². The molecule has 0 radical (unpaired) electrons. The molecule has 0 spiro atoms. The molecule has 0 unspecified atom stereocenters. The van der Waals surface area contributed by atoms with E-state index >= 15 is 0 Å². The Labute approximate surface area is 146 Å². The fourth-order valence-corrected chi connectivity index (χ4v) is 2.79. The van der Waals surface area contributed by atoms with E-state index in [9.17, 15) is 18.4 Å². The molecule has 3 aromatic rings. The van der Waals surface area contributed by atoms with Gasteiger partial charge in [0.05, 0.1) is 4.88 Å². The normalized spacial score (nSPS) is 10.3. The molecule has 7 heteroatoms. The number of halogens is 2. The topological polar surface area (TPSA) is 58.2 Å². The number of nitrogens with one attached hydrogen (secondary N) is 2. The molecule has 0 saturated heterocycles. The first-order chi connectivity index (χ1) is 12.0. The van der Waals surface area contributed by atoms with Gasteiger partial charge in [0.15, 0.2) is 0 Å². The summed E-state index contributed by atoms with van der Waals surface area (Å²) in [6.45, 7) is 0. The number of anilines is 2. The Kier molecular flexibility index (Phi) is 4.85. The van der Waals surface area contributed by atoms with Crippen LogP contribution in [0.4, 0.5) is 20.2 Å². The minimum Gasteiger partial charge on any atom is -0.322 e. The van der Waals surface area contributed by atoms with Crippen LogP contribution < -0.4 is 10.6 Å². The van der Waals surface area contributed by atoms with Crippen molar-refractivity contribution in [2.75, 3.05) is 10.6 Å². The van der Waals surface area contributed by atoms with E-state index in [-0.39, 0.29) is 17.2 Å². The summed E-state index contributed by atoms with van der Waals surface area (Å²) in [5.41, 5.74) is 0.695. The highest BCUT2D eigenvalue weighted by atomic mass is 32.1. The van der Waals surface area contributed by atoms with Crippen LogP contribution in [0, 0.1) is 11.6 Å². The lowest BCUT2D eigenvalue weighted by Gasteiger charge is -2.08. The summed E-state index contributed by atoms with van der Waals surface area (Å²) >= 11 is 1.30. The van der Waals surface area contributed by atoms with Crippen molar-refractivity contribution in [1.29, 1.82) is 0 Å². The number of thiophene rings is 1. The molecule has 4 nitrogen and oxygen atoms in total. The van der Waals surface area contributed by atoms with Crippen LogP contribution in [0.5, 0.6) is 0 Å². The van der Waals surface area contributed by atoms with Gasteiger partial charge >= 0.3 is 0 Å². The van der Waals surface area contributed by atoms with Gasteiger partial charge in [-0.3, -0.25) is 9.59 Å². The average molecular weight is 358 g/mol. The van der Waals surface area contributed by atoms with Gasteiger partial charge in [0.25, 0.3) is 11.8 Å². The van der Waals surface area contributed by atoms with Crippen molar-refractivity contribution in [2.24, 2.45) is 0 Å². The number of benzene rings is 2. The third-order valence-electron chi connectivity index (χ3n) is 3.25. The zero-order valence-corrected chi connectivity index (χ0v) is 13.6. The summed E-state index contributed by atoms with van der Waals surface area (Å²) in [5.74, 6) is -2.39.